The molecule has 0 aromatic rings. The van der Waals surface area contributed by atoms with Gasteiger partial charge in [-0.1, -0.05) is 52.4 Å². The van der Waals surface area contributed by atoms with E-state index >= 15 is 0 Å². The Balaban J connectivity index is 3.41. The molecule has 2 N–H and O–H groups in total. The van der Waals surface area contributed by atoms with Gasteiger partial charge in [-0.15, -0.1) is 0 Å². The van der Waals surface area contributed by atoms with Crippen molar-refractivity contribution in [2.75, 3.05) is 0 Å². The monoisotopic (exact) mass is 366 g/mol. The van der Waals surface area contributed by atoms with Gasteiger partial charge >= 0.3 is 0 Å². The summed E-state index contributed by atoms with van der Waals surface area (Å²) in [6.45, 7) is 7.85. The Morgan fingerprint density at radius 2 is 0.923 bits per heavy atom. The van der Waals surface area contributed by atoms with Crippen molar-refractivity contribution >= 4 is 23.2 Å². The molecule has 0 spiro atoms. The minimum Gasteiger partial charge on any atom is -0.273 e. The molecule has 6 heteroatoms. The first-order chi connectivity index (χ1) is 12.5. The standard InChI is InChI=1S/C20H38N4O2/c1-5-17(3)21-23-19(25)15-13-11-9-7-8-10-12-14-16-20(26)24-22-18(4)6-2/h5-16H2,1-4H3,(H,23,25)(H,24,26)/b21-17+,22-18+. The predicted octanol–water partition coefficient (Wildman–Crippen LogP) is 4.69. The maximum atomic E-state index is 11.6. The van der Waals surface area contributed by atoms with E-state index in [1.54, 1.807) is 0 Å². The SMILES string of the molecule is CC/C(C)=N/NC(=O)CCCCCCCCCCC(=O)N/N=C(\C)CC. The van der Waals surface area contributed by atoms with Crippen LogP contribution in [0.2, 0.25) is 0 Å². The van der Waals surface area contributed by atoms with E-state index in [4.69, 9.17) is 0 Å². The Bertz CT molecular complexity index is 417. The molecule has 0 unspecified atom stereocenters. The van der Waals surface area contributed by atoms with Crippen LogP contribution in [-0.2, 0) is 9.59 Å². The lowest BCUT2D eigenvalue weighted by atomic mass is 10.1. The van der Waals surface area contributed by atoms with Crippen molar-refractivity contribution in [3.63, 3.8) is 0 Å². The van der Waals surface area contributed by atoms with Crippen molar-refractivity contribution in [1.29, 1.82) is 0 Å². The van der Waals surface area contributed by atoms with Crippen molar-refractivity contribution < 1.29 is 9.59 Å². The third kappa shape index (κ3) is 15.8. The largest absolute Gasteiger partial charge is 0.273 e. The van der Waals surface area contributed by atoms with Gasteiger partial charge in [-0.05, 0) is 39.5 Å². The Labute approximate surface area is 159 Å². The number of rotatable bonds is 15. The van der Waals surface area contributed by atoms with Crippen LogP contribution >= 0.6 is 0 Å². The molecule has 150 valence electrons. The summed E-state index contributed by atoms with van der Waals surface area (Å²) in [5.41, 5.74) is 7.08. The molecule has 0 atom stereocenters. The van der Waals surface area contributed by atoms with Gasteiger partial charge in [0.2, 0.25) is 11.8 Å². The number of unbranched alkanes of at least 4 members (excludes halogenated alkanes) is 7. The average Bonchev–Trinajstić information content (AvgIpc) is 2.65. The van der Waals surface area contributed by atoms with Crippen LogP contribution < -0.4 is 10.9 Å². The fourth-order valence-electron chi connectivity index (χ4n) is 2.22. The minimum atomic E-state index is 0.00883. The molecule has 2 amide bonds. The fourth-order valence-corrected chi connectivity index (χ4v) is 2.22. The first-order valence-electron chi connectivity index (χ1n) is 10.1. The second-order valence-corrected chi connectivity index (χ2v) is 6.80. The highest BCUT2D eigenvalue weighted by molar-refractivity contribution is 5.84. The summed E-state index contributed by atoms with van der Waals surface area (Å²) < 4.78 is 0. The van der Waals surface area contributed by atoms with Gasteiger partial charge in [-0.2, -0.15) is 10.2 Å². The summed E-state index contributed by atoms with van der Waals surface area (Å²) in [7, 11) is 0. The fraction of sp³-hybridized carbons (Fsp3) is 0.800. The van der Waals surface area contributed by atoms with Crippen molar-refractivity contribution in [3.05, 3.63) is 0 Å². The summed E-state index contributed by atoms with van der Waals surface area (Å²) in [4.78, 5) is 23.1. The van der Waals surface area contributed by atoms with Crippen molar-refractivity contribution in [1.82, 2.24) is 10.9 Å². The molecule has 0 aliphatic carbocycles. The smallest absolute Gasteiger partial charge is 0.240 e. The highest BCUT2D eigenvalue weighted by Gasteiger charge is 2.01. The average molecular weight is 367 g/mol. The van der Waals surface area contributed by atoms with Gasteiger partial charge in [0, 0.05) is 24.3 Å². The highest BCUT2D eigenvalue weighted by atomic mass is 16.2. The van der Waals surface area contributed by atoms with Crippen LogP contribution in [0.4, 0.5) is 0 Å². The third-order valence-electron chi connectivity index (χ3n) is 4.32. The number of hydrogen-bond donors (Lipinski definition) is 2. The lowest BCUT2D eigenvalue weighted by Crippen LogP contribution is -2.18. The number of nitrogens with zero attached hydrogens (tertiary/aromatic N) is 2. The van der Waals surface area contributed by atoms with Crippen molar-refractivity contribution in [2.45, 2.75) is 105 Å². The van der Waals surface area contributed by atoms with Gasteiger partial charge in [0.1, 0.15) is 0 Å². The summed E-state index contributed by atoms with van der Waals surface area (Å²) >= 11 is 0. The number of carbonyl (C=O) groups excluding carboxylic acids is 2. The predicted molar refractivity (Wildman–Crippen MR) is 109 cm³/mol. The second-order valence-electron chi connectivity index (χ2n) is 6.80. The van der Waals surface area contributed by atoms with Crippen molar-refractivity contribution in [2.24, 2.45) is 10.2 Å². The van der Waals surface area contributed by atoms with E-state index in [9.17, 15) is 9.59 Å². The van der Waals surface area contributed by atoms with E-state index in [1.807, 2.05) is 27.7 Å². The van der Waals surface area contributed by atoms with E-state index in [0.717, 1.165) is 62.8 Å². The maximum absolute atomic E-state index is 11.6. The van der Waals surface area contributed by atoms with Crippen LogP contribution in [0.3, 0.4) is 0 Å². The molecule has 26 heavy (non-hydrogen) atoms. The molecule has 0 fully saturated rings. The molecule has 0 radical (unpaired) electrons. The van der Waals surface area contributed by atoms with Crippen molar-refractivity contribution in [3.8, 4) is 0 Å². The molecule has 0 aliphatic heterocycles. The van der Waals surface area contributed by atoms with E-state index in [0.29, 0.717) is 12.8 Å². The second kappa shape index (κ2) is 16.7. The van der Waals surface area contributed by atoms with Crippen LogP contribution in [0.15, 0.2) is 10.2 Å². The highest BCUT2D eigenvalue weighted by Crippen LogP contribution is 2.10. The molecule has 6 nitrogen and oxygen atoms in total. The van der Waals surface area contributed by atoms with Gasteiger partial charge in [-0.3, -0.25) is 9.59 Å². The summed E-state index contributed by atoms with van der Waals surface area (Å²) in [5.74, 6) is 0.0177. The van der Waals surface area contributed by atoms with Crippen LogP contribution in [-0.4, -0.2) is 23.2 Å². The Hall–Kier alpha value is -1.72. The van der Waals surface area contributed by atoms with Gasteiger partial charge in [0.15, 0.2) is 0 Å². The maximum Gasteiger partial charge on any atom is 0.240 e. The quantitative estimate of drug-likeness (QED) is 0.250. The van der Waals surface area contributed by atoms with Gasteiger partial charge in [0.25, 0.3) is 0 Å². The molecule has 0 heterocycles. The number of hydrazone groups is 2. The Kier molecular flexibility index (Phi) is 15.6. The van der Waals surface area contributed by atoms with Gasteiger partial charge in [0.05, 0.1) is 0 Å². The van der Waals surface area contributed by atoms with Crippen LogP contribution in [0.1, 0.15) is 105 Å². The molecular weight excluding hydrogens is 328 g/mol. The third-order valence-corrected chi connectivity index (χ3v) is 4.32. The molecule has 0 saturated heterocycles. The normalized spacial score (nSPS) is 12.2. The van der Waals surface area contributed by atoms with Crippen LogP contribution in [0, 0.1) is 0 Å². The molecule has 0 aromatic carbocycles. The Morgan fingerprint density at radius 3 is 1.23 bits per heavy atom. The first kappa shape index (κ1) is 24.3. The molecular formula is C20H38N4O2. The van der Waals surface area contributed by atoms with E-state index in [-0.39, 0.29) is 11.8 Å². The van der Waals surface area contributed by atoms with E-state index in [2.05, 4.69) is 21.1 Å². The Morgan fingerprint density at radius 1 is 0.615 bits per heavy atom. The number of nitrogens with one attached hydrogen (secondary N) is 2. The lowest BCUT2D eigenvalue weighted by Gasteiger charge is -2.03. The molecule has 0 aliphatic rings. The minimum absolute atomic E-state index is 0.00883. The molecule has 0 rings (SSSR count). The zero-order valence-electron chi connectivity index (χ0n) is 17.2. The van der Waals surface area contributed by atoms with Crippen LogP contribution in [0.25, 0.3) is 0 Å². The van der Waals surface area contributed by atoms with Gasteiger partial charge in [-0.25, -0.2) is 10.9 Å². The molecule has 0 saturated carbocycles. The zero-order chi connectivity index (χ0) is 19.6. The summed E-state index contributed by atoms with van der Waals surface area (Å²) in [6.07, 6.45) is 11.5. The molecule has 0 aromatic heterocycles. The molecule has 0 bridgehead atoms. The number of hydrogen-bond acceptors (Lipinski definition) is 4. The van der Waals surface area contributed by atoms with E-state index in [1.165, 1.54) is 12.8 Å². The lowest BCUT2D eigenvalue weighted by molar-refractivity contribution is -0.122. The van der Waals surface area contributed by atoms with E-state index < -0.39 is 0 Å². The zero-order valence-corrected chi connectivity index (χ0v) is 17.2. The topological polar surface area (TPSA) is 82.9 Å². The summed E-state index contributed by atoms with van der Waals surface area (Å²) in [5, 5.41) is 8.04. The summed E-state index contributed by atoms with van der Waals surface area (Å²) in [6, 6.07) is 0. The number of carbonyl (C=O) groups is 2. The van der Waals surface area contributed by atoms with Gasteiger partial charge < -0.3 is 0 Å². The first-order valence-corrected chi connectivity index (χ1v) is 10.1. The number of amides is 2. The van der Waals surface area contributed by atoms with Crippen LogP contribution in [0.5, 0.6) is 0 Å².